The van der Waals surface area contributed by atoms with Crippen LogP contribution >= 0.6 is 0 Å². The first kappa shape index (κ1) is 20.6. The molecule has 0 fully saturated rings. The summed E-state index contributed by atoms with van der Waals surface area (Å²) in [5, 5.41) is 2.71. The lowest BCUT2D eigenvalue weighted by atomic mass is 10.0. The van der Waals surface area contributed by atoms with Gasteiger partial charge >= 0.3 is 0 Å². The number of aryl methyl sites for hydroxylation is 1. The number of guanidine groups is 1. The van der Waals surface area contributed by atoms with Gasteiger partial charge in [-0.2, -0.15) is 0 Å². The minimum Gasteiger partial charge on any atom is -0.410 e. The van der Waals surface area contributed by atoms with Crippen molar-refractivity contribution in [3.8, 4) is 0 Å². The highest BCUT2D eigenvalue weighted by Gasteiger charge is 2.40. The Hall–Kier alpha value is -1.73. The van der Waals surface area contributed by atoms with Gasteiger partial charge in [0.05, 0.1) is 11.7 Å². The molecular formula is C19H32N4O2Si. The standard InChI is InChI=1S/C19H32N4O2Si/c1-19(2,3)26(5,6)25-16-10-8-7-9-15-14(16)11-13(12-22-15)17(24)23-18(20)21-4/h11-12,16H,7-10H2,1-6H3,(H3,20,21,23,24). The molecule has 2 rings (SSSR count). The molecule has 1 heterocycles. The number of pyridine rings is 1. The minimum atomic E-state index is -1.93. The van der Waals surface area contributed by atoms with Crippen LogP contribution in [0.1, 0.15) is 67.8 Å². The number of hydrogen-bond acceptors (Lipinski definition) is 4. The second-order valence-electron chi connectivity index (χ2n) is 8.44. The lowest BCUT2D eigenvalue weighted by Crippen LogP contribution is -2.42. The zero-order chi connectivity index (χ0) is 19.5. The maximum absolute atomic E-state index is 12.4. The van der Waals surface area contributed by atoms with Gasteiger partial charge in [0.2, 0.25) is 0 Å². The summed E-state index contributed by atoms with van der Waals surface area (Å²) in [6, 6.07) is 1.92. The number of fused-ring (bicyclic) bond motifs is 1. The molecule has 1 unspecified atom stereocenters. The summed E-state index contributed by atoms with van der Waals surface area (Å²) < 4.78 is 6.71. The Kier molecular flexibility index (Phi) is 6.23. The lowest BCUT2D eigenvalue weighted by Gasteiger charge is -2.39. The second-order valence-corrected chi connectivity index (χ2v) is 13.2. The molecule has 3 N–H and O–H groups in total. The van der Waals surface area contributed by atoms with Gasteiger partial charge in [0.1, 0.15) is 0 Å². The average Bonchev–Trinajstić information content (AvgIpc) is 2.75. The van der Waals surface area contributed by atoms with E-state index < -0.39 is 8.32 Å². The van der Waals surface area contributed by atoms with Crippen molar-refractivity contribution in [2.45, 2.75) is 70.7 Å². The van der Waals surface area contributed by atoms with Crippen LogP contribution in [0.3, 0.4) is 0 Å². The van der Waals surface area contributed by atoms with E-state index in [0.29, 0.717) is 5.56 Å². The maximum atomic E-state index is 12.4. The number of carbonyl (C=O) groups excluding carboxylic acids is 1. The van der Waals surface area contributed by atoms with Crippen LogP contribution < -0.4 is 11.1 Å². The molecule has 0 saturated heterocycles. The van der Waals surface area contributed by atoms with Crippen LogP contribution in [0.4, 0.5) is 0 Å². The molecule has 0 aromatic carbocycles. The molecule has 0 radical (unpaired) electrons. The zero-order valence-electron chi connectivity index (χ0n) is 16.8. The molecule has 0 saturated carbocycles. The quantitative estimate of drug-likeness (QED) is 0.365. The number of rotatable bonds is 3. The topological polar surface area (TPSA) is 89.6 Å². The first-order chi connectivity index (χ1) is 12.0. The molecule has 26 heavy (non-hydrogen) atoms. The van der Waals surface area contributed by atoms with Crippen molar-refractivity contribution < 1.29 is 9.22 Å². The molecular weight excluding hydrogens is 344 g/mol. The Bertz CT molecular complexity index is 695. The van der Waals surface area contributed by atoms with Gasteiger partial charge in [0, 0.05) is 24.5 Å². The molecule has 7 heteroatoms. The van der Waals surface area contributed by atoms with E-state index in [1.165, 1.54) is 7.05 Å². The van der Waals surface area contributed by atoms with E-state index in [4.69, 9.17) is 10.2 Å². The molecule has 1 amide bonds. The van der Waals surface area contributed by atoms with E-state index in [0.717, 1.165) is 36.9 Å². The Balaban J connectivity index is 2.35. The largest absolute Gasteiger partial charge is 0.410 e. The summed E-state index contributed by atoms with van der Waals surface area (Å²) in [5.41, 5.74) is 8.19. The van der Waals surface area contributed by atoms with Crippen LogP contribution in [0.15, 0.2) is 17.3 Å². The number of nitrogens with zero attached hydrogens (tertiary/aromatic N) is 2. The van der Waals surface area contributed by atoms with Gasteiger partial charge in [-0.1, -0.05) is 27.2 Å². The van der Waals surface area contributed by atoms with E-state index in [2.05, 4.69) is 49.2 Å². The highest BCUT2D eigenvalue weighted by Crippen LogP contribution is 2.42. The van der Waals surface area contributed by atoms with Crippen molar-refractivity contribution >= 4 is 20.2 Å². The maximum Gasteiger partial charge on any atom is 0.259 e. The van der Waals surface area contributed by atoms with Crippen LogP contribution in [0.2, 0.25) is 18.1 Å². The Morgan fingerprint density at radius 2 is 2.08 bits per heavy atom. The molecule has 0 spiro atoms. The summed E-state index contributed by atoms with van der Waals surface area (Å²) in [7, 11) is -0.391. The lowest BCUT2D eigenvalue weighted by molar-refractivity contribution is 0.0976. The third-order valence-electron chi connectivity index (χ3n) is 5.47. The van der Waals surface area contributed by atoms with Crippen molar-refractivity contribution in [3.05, 3.63) is 29.1 Å². The molecule has 1 atom stereocenters. The molecule has 1 aromatic heterocycles. The number of hydrogen-bond donors (Lipinski definition) is 2. The highest BCUT2D eigenvalue weighted by molar-refractivity contribution is 6.74. The molecule has 0 bridgehead atoms. The van der Waals surface area contributed by atoms with Gasteiger partial charge < -0.3 is 10.2 Å². The van der Waals surface area contributed by atoms with E-state index >= 15 is 0 Å². The summed E-state index contributed by atoms with van der Waals surface area (Å²) in [6.07, 6.45) is 5.69. The monoisotopic (exact) mass is 376 g/mol. The third kappa shape index (κ3) is 4.70. The van der Waals surface area contributed by atoms with Crippen LogP contribution in [0, 0.1) is 0 Å². The first-order valence-corrected chi connectivity index (χ1v) is 12.2. The number of carbonyl (C=O) groups is 1. The summed E-state index contributed by atoms with van der Waals surface area (Å²) in [6.45, 7) is 11.3. The molecule has 1 aromatic rings. The van der Waals surface area contributed by atoms with E-state index in [1.807, 2.05) is 6.07 Å². The Morgan fingerprint density at radius 1 is 1.38 bits per heavy atom. The summed E-state index contributed by atoms with van der Waals surface area (Å²) >= 11 is 0. The van der Waals surface area contributed by atoms with Crippen LogP contribution in [-0.2, 0) is 10.8 Å². The number of amides is 1. The fourth-order valence-electron chi connectivity index (χ4n) is 2.80. The van der Waals surface area contributed by atoms with Gasteiger partial charge in [0.15, 0.2) is 14.3 Å². The van der Waals surface area contributed by atoms with Gasteiger partial charge in [-0.3, -0.25) is 20.1 Å². The predicted octanol–water partition coefficient (Wildman–Crippen LogP) is 3.55. The first-order valence-electron chi connectivity index (χ1n) is 9.25. The molecule has 1 aliphatic carbocycles. The van der Waals surface area contributed by atoms with E-state index in [9.17, 15) is 4.79 Å². The smallest absolute Gasteiger partial charge is 0.259 e. The SMILES string of the molecule is CN=C(N)NC(=O)c1cnc2c(c1)C(O[Si](C)(C)C(C)(C)C)CCCC2. The van der Waals surface area contributed by atoms with Crippen molar-refractivity contribution in [1.29, 1.82) is 0 Å². The Labute approximate surface area is 157 Å². The fourth-order valence-corrected chi connectivity index (χ4v) is 4.11. The summed E-state index contributed by atoms with van der Waals surface area (Å²) in [5.74, 6) is -0.197. The number of aromatic nitrogens is 1. The van der Waals surface area contributed by atoms with Gasteiger partial charge in [-0.15, -0.1) is 0 Å². The van der Waals surface area contributed by atoms with Crippen molar-refractivity contribution in [2.75, 3.05) is 7.05 Å². The minimum absolute atomic E-state index is 0.00849. The fraction of sp³-hybridized carbons (Fsp3) is 0.632. The van der Waals surface area contributed by atoms with Gasteiger partial charge in [0.25, 0.3) is 5.91 Å². The number of aliphatic imine (C=N–C) groups is 1. The number of nitrogens with one attached hydrogen (secondary N) is 1. The third-order valence-corrected chi connectivity index (χ3v) is 9.95. The van der Waals surface area contributed by atoms with Crippen LogP contribution in [0.5, 0.6) is 0 Å². The van der Waals surface area contributed by atoms with Gasteiger partial charge in [-0.05, 0) is 43.5 Å². The molecule has 6 nitrogen and oxygen atoms in total. The predicted molar refractivity (Wildman–Crippen MR) is 108 cm³/mol. The van der Waals surface area contributed by atoms with E-state index in [-0.39, 0.29) is 23.0 Å². The van der Waals surface area contributed by atoms with Crippen LogP contribution in [-0.4, -0.2) is 32.2 Å². The van der Waals surface area contributed by atoms with Crippen molar-refractivity contribution in [1.82, 2.24) is 10.3 Å². The molecule has 144 valence electrons. The molecule has 0 aliphatic heterocycles. The van der Waals surface area contributed by atoms with Crippen molar-refractivity contribution in [2.24, 2.45) is 10.7 Å². The Morgan fingerprint density at radius 3 is 2.69 bits per heavy atom. The van der Waals surface area contributed by atoms with Crippen LogP contribution in [0.25, 0.3) is 0 Å². The van der Waals surface area contributed by atoms with E-state index in [1.54, 1.807) is 6.20 Å². The van der Waals surface area contributed by atoms with Crippen molar-refractivity contribution in [3.63, 3.8) is 0 Å². The number of nitrogens with two attached hydrogens (primary N) is 1. The average molecular weight is 377 g/mol. The zero-order valence-corrected chi connectivity index (χ0v) is 17.8. The second kappa shape index (κ2) is 7.88. The normalized spacial score (nSPS) is 18.8. The highest BCUT2D eigenvalue weighted by atomic mass is 28.4. The van der Waals surface area contributed by atoms with Gasteiger partial charge in [-0.25, -0.2) is 0 Å². The summed E-state index contributed by atoms with van der Waals surface area (Å²) in [4.78, 5) is 20.7. The molecule has 1 aliphatic rings.